The van der Waals surface area contributed by atoms with Crippen molar-refractivity contribution in [2.45, 2.75) is 59.7 Å². The van der Waals surface area contributed by atoms with Gasteiger partial charge in [0.15, 0.2) is 0 Å². The van der Waals surface area contributed by atoms with E-state index in [0.29, 0.717) is 11.9 Å². The average Bonchev–Trinajstić information content (AvgIpc) is 2.74. The third-order valence-electron chi connectivity index (χ3n) is 4.60. The zero-order valence-corrected chi connectivity index (χ0v) is 19.0. The van der Waals surface area contributed by atoms with E-state index in [2.05, 4.69) is 42.5 Å². The van der Waals surface area contributed by atoms with Crippen LogP contribution in [0.4, 0.5) is 0 Å². The monoisotopic (exact) mass is 414 g/mol. The third kappa shape index (κ3) is 8.57. The van der Waals surface area contributed by atoms with Gasteiger partial charge in [0.25, 0.3) is 0 Å². The molecule has 0 aliphatic rings. The summed E-state index contributed by atoms with van der Waals surface area (Å²) in [5.41, 5.74) is 5.22. The van der Waals surface area contributed by atoms with Gasteiger partial charge in [-0.1, -0.05) is 55.7 Å². The SMILES string of the molecule is C=C(C)c1ccc(C)cc1-c1c(O)cc(CCCCC)cc1O.[2H]N=BCC#CC#CC. The summed E-state index contributed by atoms with van der Waals surface area (Å²) in [4.78, 5) is 0. The van der Waals surface area contributed by atoms with E-state index in [4.69, 9.17) is 1.41 Å². The van der Waals surface area contributed by atoms with Gasteiger partial charge in [0.2, 0.25) is 0 Å². The van der Waals surface area contributed by atoms with Crippen LogP contribution >= 0.6 is 0 Å². The summed E-state index contributed by atoms with van der Waals surface area (Å²) in [5.74, 6) is 10.7. The summed E-state index contributed by atoms with van der Waals surface area (Å²) >= 11 is 0. The molecular weight excluding hydrogens is 381 g/mol. The van der Waals surface area contributed by atoms with Crippen molar-refractivity contribution in [2.24, 2.45) is 0 Å². The van der Waals surface area contributed by atoms with E-state index < -0.39 is 0 Å². The summed E-state index contributed by atoms with van der Waals surface area (Å²) in [6.07, 6.45) is 4.76. The van der Waals surface area contributed by atoms with Crippen LogP contribution in [0.2, 0.25) is 7.73 Å². The first-order valence-corrected chi connectivity index (χ1v) is 10.5. The second-order valence-electron chi connectivity index (χ2n) is 7.36. The number of phenols is 2. The summed E-state index contributed by atoms with van der Waals surface area (Å²) in [5, 5.41) is 24.0. The fourth-order valence-corrected chi connectivity index (χ4v) is 3.11. The molecule has 31 heavy (non-hydrogen) atoms. The van der Waals surface area contributed by atoms with Crippen LogP contribution in [-0.2, 0) is 6.42 Å². The molecule has 0 bridgehead atoms. The second-order valence-corrected chi connectivity index (χ2v) is 7.36. The Kier molecular flexibility index (Phi) is 10.8. The van der Waals surface area contributed by atoms with Gasteiger partial charge in [0.1, 0.15) is 11.5 Å². The third-order valence-corrected chi connectivity index (χ3v) is 4.60. The molecule has 0 amide bonds. The zero-order chi connectivity index (χ0) is 23.9. The Morgan fingerprint density at radius 1 is 1.16 bits per heavy atom. The number of phenolic OH excluding ortho intramolecular Hbond substituents is 2. The molecule has 0 aromatic heterocycles. The van der Waals surface area contributed by atoms with Gasteiger partial charge in [-0.15, -0.1) is 0 Å². The number of aromatic hydroxyl groups is 2. The molecule has 0 unspecified atom stereocenters. The van der Waals surface area contributed by atoms with Crippen molar-refractivity contribution in [3.63, 3.8) is 0 Å². The Labute approximate surface area is 189 Å². The van der Waals surface area contributed by atoms with Gasteiger partial charge in [0, 0.05) is 0 Å². The number of hydrogen-bond donors (Lipinski definition) is 3. The van der Waals surface area contributed by atoms with Gasteiger partial charge in [-0.2, -0.15) is 0 Å². The van der Waals surface area contributed by atoms with Crippen LogP contribution in [0.5, 0.6) is 11.5 Å². The minimum absolute atomic E-state index is 0.129. The molecule has 0 saturated heterocycles. The first-order valence-electron chi connectivity index (χ1n) is 11.0. The molecule has 0 aliphatic heterocycles. The van der Waals surface area contributed by atoms with Crippen LogP contribution in [0.25, 0.3) is 16.7 Å². The number of aryl methyl sites for hydroxylation is 2. The first-order chi connectivity index (χ1) is 15.3. The van der Waals surface area contributed by atoms with Crippen LogP contribution in [0, 0.1) is 35.9 Å². The first kappa shape index (κ1) is 24.0. The van der Waals surface area contributed by atoms with E-state index in [1.54, 1.807) is 19.1 Å². The predicted octanol–water partition coefficient (Wildman–Crippen LogP) is 6.74. The molecule has 0 atom stereocenters. The Balaban J connectivity index is 0.000000482. The molecule has 0 radical (unpaired) electrons. The topological polar surface area (TPSA) is 64.3 Å². The molecule has 160 valence electrons. The minimum atomic E-state index is 0.129. The Hall–Kier alpha value is -3.24. The summed E-state index contributed by atoms with van der Waals surface area (Å²) in [6, 6.07) is 9.53. The van der Waals surface area contributed by atoms with E-state index in [9.17, 15) is 10.2 Å². The van der Waals surface area contributed by atoms with Gasteiger partial charge in [-0.25, -0.2) is 0 Å². The summed E-state index contributed by atoms with van der Waals surface area (Å²) in [7, 11) is 1.42. The Morgan fingerprint density at radius 3 is 2.45 bits per heavy atom. The molecule has 0 saturated carbocycles. The summed E-state index contributed by atoms with van der Waals surface area (Å²) in [6.45, 7) is 11.8. The second kappa shape index (κ2) is 13.9. The maximum absolute atomic E-state index is 10.5. The molecule has 2 rings (SSSR count). The van der Waals surface area contributed by atoms with E-state index in [0.717, 1.165) is 53.5 Å². The van der Waals surface area contributed by atoms with Crippen molar-refractivity contribution in [1.29, 1.82) is 5.31 Å². The maximum atomic E-state index is 10.5. The van der Waals surface area contributed by atoms with Crippen molar-refractivity contribution >= 4 is 12.6 Å². The Morgan fingerprint density at radius 2 is 1.87 bits per heavy atom. The fourth-order valence-electron chi connectivity index (χ4n) is 3.11. The number of hydrogen-bond acceptors (Lipinski definition) is 3. The van der Waals surface area contributed by atoms with E-state index in [1.807, 2.05) is 32.0 Å². The number of rotatable bonds is 7. The number of nitrogens with one attached hydrogen (secondary N) is 1. The predicted molar refractivity (Wildman–Crippen MR) is 132 cm³/mol. The standard InChI is InChI=1S/C21H26O2.C6H6BN/c1-5-6-7-8-16-12-19(22)21(20(23)13-16)18-11-15(4)9-10-17(18)14(2)3;1-2-3-4-5-6-7-8/h9-13,22-23H,2,5-8H2,1,3-4H3;8H,6H2,1H3/i;8D. The number of benzene rings is 2. The molecule has 0 heterocycles. The van der Waals surface area contributed by atoms with Crippen molar-refractivity contribution in [2.75, 3.05) is 0 Å². The van der Waals surface area contributed by atoms with Gasteiger partial charge in [-0.3, -0.25) is 0 Å². The molecule has 3 N–H and O–H groups in total. The molecule has 4 heteroatoms. The van der Waals surface area contributed by atoms with Crippen LogP contribution in [0.1, 0.15) is 56.7 Å². The van der Waals surface area contributed by atoms with Crippen LogP contribution in [0.3, 0.4) is 0 Å². The van der Waals surface area contributed by atoms with Crippen LogP contribution < -0.4 is 0 Å². The van der Waals surface area contributed by atoms with Crippen LogP contribution in [0.15, 0.2) is 36.9 Å². The molecule has 0 spiro atoms. The average molecular weight is 414 g/mol. The zero-order valence-electron chi connectivity index (χ0n) is 20.0. The molecule has 3 nitrogen and oxygen atoms in total. The van der Waals surface area contributed by atoms with Crippen molar-refractivity contribution in [3.05, 3.63) is 53.6 Å². The van der Waals surface area contributed by atoms with Crippen molar-refractivity contribution < 1.29 is 11.6 Å². The van der Waals surface area contributed by atoms with E-state index >= 15 is 0 Å². The molecule has 0 aliphatic carbocycles. The van der Waals surface area contributed by atoms with Crippen molar-refractivity contribution in [3.8, 4) is 46.3 Å². The van der Waals surface area contributed by atoms with Gasteiger partial charge in [0.05, 0.1) is 5.56 Å². The molecule has 2 aromatic rings. The van der Waals surface area contributed by atoms with Gasteiger partial charge < -0.3 is 10.2 Å². The molecular formula is C27H32BNO2. The van der Waals surface area contributed by atoms with Gasteiger partial charge in [-0.05, 0) is 55.5 Å². The summed E-state index contributed by atoms with van der Waals surface area (Å²) < 4.78 is 6.35. The number of unbranched alkanes of at least 4 members (excludes halogenated alkanes) is 2. The number of allylic oxidation sites excluding steroid dienone is 1. The van der Waals surface area contributed by atoms with E-state index in [1.165, 1.54) is 7.07 Å². The molecule has 2 aromatic carbocycles. The normalized spacial score (nSPS) is 9.87. The van der Waals surface area contributed by atoms with Gasteiger partial charge >= 0.3 is 50.7 Å². The quantitative estimate of drug-likeness (QED) is 0.267. The van der Waals surface area contributed by atoms with E-state index in [-0.39, 0.29) is 11.5 Å². The van der Waals surface area contributed by atoms with Crippen molar-refractivity contribution in [1.82, 2.24) is 0 Å². The molecule has 0 fully saturated rings. The fraction of sp³-hybridized carbons (Fsp3) is 0.333. The Bertz CT molecular complexity index is 1050. The van der Waals surface area contributed by atoms with Crippen LogP contribution in [-0.4, -0.2) is 17.3 Å².